The summed E-state index contributed by atoms with van der Waals surface area (Å²) < 4.78 is 13.3. The zero-order valence-corrected chi connectivity index (χ0v) is 17.4. The van der Waals surface area contributed by atoms with Gasteiger partial charge in [-0.3, -0.25) is 29.4 Å². The lowest BCUT2D eigenvalue weighted by atomic mass is 9.76. The maximum Gasteiger partial charge on any atom is 0.250 e. The predicted octanol–water partition coefficient (Wildman–Crippen LogP) is 1.28. The molecule has 2 saturated heterocycles. The number of halogens is 2. The highest BCUT2D eigenvalue weighted by Gasteiger charge is 2.70. The fourth-order valence-corrected chi connectivity index (χ4v) is 5.33. The number of hydrogen-bond donors (Lipinski definition) is 3. The van der Waals surface area contributed by atoms with Crippen molar-refractivity contribution in [3.05, 3.63) is 64.4 Å². The van der Waals surface area contributed by atoms with E-state index < -0.39 is 52.9 Å². The molecule has 0 radical (unpaired) electrons. The van der Waals surface area contributed by atoms with Crippen LogP contribution in [0.3, 0.4) is 0 Å². The van der Waals surface area contributed by atoms with Gasteiger partial charge in [-0.2, -0.15) is 0 Å². The molecule has 3 aliphatic heterocycles. The number of likely N-dealkylation sites (tertiary alicyclic amines) is 1. The van der Waals surface area contributed by atoms with Crippen molar-refractivity contribution in [3.63, 3.8) is 0 Å². The van der Waals surface area contributed by atoms with Gasteiger partial charge in [-0.25, -0.2) is 4.39 Å². The SMILES string of the molecule is NC(=O)CC1NC2(C(=O)Nc3ccc(Cl)cc32)[C@H]2C(=O)N(Cc3ccc(F)cc3)C(=O)[C@@H]12. The smallest absolute Gasteiger partial charge is 0.250 e. The number of carbonyl (C=O) groups is 4. The second-order valence-corrected chi connectivity index (χ2v) is 8.70. The van der Waals surface area contributed by atoms with E-state index in [1.165, 1.54) is 24.3 Å². The van der Waals surface area contributed by atoms with E-state index in [0.29, 0.717) is 21.8 Å². The Labute approximate surface area is 186 Å². The van der Waals surface area contributed by atoms with Crippen molar-refractivity contribution in [1.29, 1.82) is 0 Å². The molecule has 1 spiro atoms. The number of benzene rings is 2. The van der Waals surface area contributed by atoms with E-state index in [0.717, 1.165) is 4.90 Å². The Morgan fingerprint density at radius 1 is 1.12 bits per heavy atom. The van der Waals surface area contributed by atoms with E-state index in [1.54, 1.807) is 18.2 Å². The summed E-state index contributed by atoms with van der Waals surface area (Å²) in [5.74, 6) is -4.71. The molecular formula is C22H18ClFN4O4. The van der Waals surface area contributed by atoms with Crippen molar-refractivity contribution in [2.75, 3.05) is 5.32 Å². The Bertz CT molecular complexity index is 1190. The molecule has 3 heterocycles. The molecule has 0 bridgehead atoms. The van der Waals surface area contributed by atoms with Crippen LogP contribution in [0.5, 0.6) is 0 Å². The van der Waals surface area contributed by atoms with Gasteiger partial charge in [0.15, 0.2) is 0 Å². The molecule has 0 saturated carbocycles. The lowest BCUT2D eigenvalue weighted by Crippen LogP contribution is -2.53. The second-order valence-electron chi connectivity index (χ2n) is 8.27. The topological polar surface area (TPSA) is 122 Å². The van der Waals surface area contributed by atoms with Gasteiger partial charge in [0.05, 0.1) is 18.4 Å². The molecule has 5 rings (SSSR count). The Hall–Kier alpha value is -3.30. The summed E-state index contributed by atoms with van der Waals surface area (Å²) >= 11 is 6.18. The third kappa shape index (κ3) is 2.85. The highest BCUT2D eigenvalue weighted by molar-refractivity contribution is 6.31. The first-order valence-electron chi connectivity index (χ1n) is 9.99. The highest BCUT2D eigenvalue weighted by Crippen LogP contribution is 2.53. The van der Waals surface area contributed by atoms with Crippen LogP contribution in [0.1, 0.15) is 17.5 Å². The summed E-state index contributed by atoms with van der Waals surface area (Å²) in [5, 5.41) is 6.20. The number of hydrogen-bond acceptors (Lipinski definition) is 5. The average Bonchev–Trinajstić information content (AvgIpc) is 3.30. The molecule has 32 heavy (non-hydrogen) atoms. The molecule has 0 aliphatic carbocycles. The Kier molecular flexibility index (Phi) is 4.58. The lowest BCUT2D eigenvalue weighted by molar-refractivity contribution is -0.143. The standard InChI is InChI=1S/C22H18ClFN4O4/c23-11-3-6-14-13(7-11)22(21(32)26-14)18-17(15(27-22)8-16(25)29)19(30)28(20(18)31)9-10-1-4-12(24)5-2-10/h1-7,15,17-18,27H,8-9H2,(H2,25,29)(H,26,32)/t15?,17-,18+,22?/m0/s1. The van der Waals surface area contributed by atoms with Crippen LogP contribution in [0.15, 0.2) is 42.5 Å². The molecule has 8 nitrogen and oxygen atoms in total. The van der Waals surface area contributed by atoms with Crippen molar-refractivity contribution in [2.45, 2.75) is 24.5 Å². The molecule has 3 aliphatic rings. The van der Waals surface area contributed by atoms with Crippen LogP contribution in [0, 0.1) is 17.7 Å². The number of nitrogens with two attached hydrogens (primary N) is 1. The average molecular weight is 457 g/mol. The second kappa shape index (κ2) is 7.11. The number of rotatable bonds is 4. The molecule has 0 aromatic heterocycles. The third-order valence-electron chi connectivity index (χ3n) is 6.44. The molecule has 10 heteroatoms. The van der Waals surface area contributed by atoms with Gasteiger partial charge in [0.2, 0.25) is 23.6 Å². The normalized spacial score (nSPS) is 28.2. The minimum absolute atomic E-state index is 0.0751. The number of primary amides is 1. The van der Waals surface area contributed by atoms with Gasteiger partial charge in [-0.05, 0) is 35.9 Å². The summed E-state index contributed by atoms with van der Waals surface area (Å²) in [6.07, 6.45) is -0.227. The van der Waals surface area contributed by atoms with E-state index in [2.05, 4.69) is 10.6 Å². The zero-order chi connectivity index (χ0) is 22.8. The van der Waals surface area contributed by atoms with Crippen LogP contribution < -0.4 is 16.4 Å². The van der Waals surface area contributed by atoms with Gasteiger partial charge >= 0.3 is 0 Å². The maximum atomic E-state index is 13.6. The quantitative estimate of drug-likeness (QED) is 0.598. The fraction of sp³-hybridized carbons (Fsp3) is 0.273. The van der Waals surface area contributed by atoms with Crippen molar-refractivity contribution in [1.82, 2.24) is 10.2 Å². The number of fused-ring (bicyclic) bond motifs is 4. The predicted molar refractivity (Wildman–Crippen MR) is 111 cm³/mol. The van der Waals surface area contributed by atoms with E-state index >= 15 is 0 Å². The fourth-order valence-electron chi connectivity index (χ4n) is 5.15. The number of imide groups is 1. The zero-order valence-electron chi connectivity index (χ0n) is 16.6. The Balaban J connectivity index is 1.60. The van der Waals surface area contributed by atoms with Crippen LogP contribution in [0.4, 0.5) is 10.1 Å². The number of anilines is 1. The van der Waals surface area contributed by atoms with E-state index in [9.17, 15) is 23.6 Å². The molecule has 2 aromatic rings. The first-order valence-corrected chi connectivity index (χ1v) is 10.4. The monoisotopic (exact) mass is 456 g/mol. The molecule has 2 aromatic carbocycles. The van der Waals surface area contributed by atoms with Crippen molar-refractivity contribution in [3.8, 4) is 0 Å². The van der Waals surface area contributed by atoms with E-state index in [-0.39, 0.29) is 13.0 Å². The summed E-state index contributed by atoms with van der Waals surface area (Å²) in [4.78, 5) is 53.0. The van der Waals surface area contributed by atoms with Crippen molar-refractivity contribution in [2.24, 2.45) is 17.6 Å². The molecule has 2 unspecified atom stereocenters. The van der Waals surface area contributed by atoms with E-state index in [1.807, 2.05) is 0 Å². The number of nitrogens with zero attached hydrogens (tertiary/aromatic N) is 1. The summed E-state index contributed by atoms with van der Waals surface area (Å²) in [5.41, 5.74) is 5.32. The molecule has 4 atom stereocenters. The first kappa shape index (κ1) is 20.6. The number of carbonyl (C=O) groups excluding carboxylic acids is 4. The van der Waals surface area contributed by atoms with Gasteiger partial charge in [0.25, 0.3) is 0 Å². The van der Waals surface area contributed by atoms with Gasteiger partial charge in [0.1, 0.15) is 11.4 Å². The molecule has 164 valence electrons. The van der Waals surface area contributed by atoms with Crippen molar-refractivity contribution < 1.29 is 23.6 Å². The molecule has 4 N–H and O–H groups in total. The highest BCUT2D eigenvalue weighted by atomic mass is 35.5. The van der Waals surface area contributed by atoms with E-state index in [4.69, 9.17) is 17.3 Å². The minimum atomic E-state index is -1.56. The van der Waals surface area contributed by atoms with Crippen molar-refractivity contribution >= 4 is 40.9 Å². The summed E-state index contributed by atoms with van der Waals surface area (Å²) in [6.45, 7) is -0.0751. The lowest BCUT2D eigenvalue weighted by Gasteiger charge is -2.29. The number of amides is 4. The van der Waals surface area contributed by atoms with Crippen LogP contribution in [-0.4, -0.2) is 34.6 Å². The van der Waals surface area contributed by atoms with Gasteiger partial charge in [-0.15, -0.1) is 0 Å². The third-order valence-corrected chi connectivity index (χ3v) is 6.68. The molecule has 2 fully saturated rings. The number of nitrogens with one attached hydrogen (secondary N) is 2. The first-order chi connectivity index (χ1) is 15.2. The Morgan fingerprint density at radius 3 is 2.53 bits per heavy atom. The van der Waals surface area contributed by atoms with Crippen LogP contribution in [-0.2, 0) is 31.3 Å². The van der Waals surface area contributed by atoms with Gasteiger partial charge in [-0.1, -0.05) is 23.7 Å². The van der Waals surface area contributed by atoms with Gasteiger partial charge < -0.3 is 11.1 Å². The Morgan fingerprint density at radius 2 is 1.84 bits per heavy atom. The van der Waals surface area contributed by atoms with Crippen LogP contribution in [0.2, 0.25) is 5.02 Å². The summed E-state index contributed by atoms with van der Waals surface area (Å²) in [6, 6.07) is 9.43. The van der Waals surface area contributed by atoms with Crippen LogP contribution in [0.25, 0.3) is 0 Å². The molecular weight excluding hydrogens is 439 g/mol. The largest absolute Gasteiger partial charge is 0.370 e. The molecule has 4 amide bonds. The summed E-state index contributed by atoms with van der Waals surface area (Å²) in [7, 11) is 0. The van der Waals surface area contributed by atoms with Gasteiger partial charge in [0, 0.05) is 28.7 Å². The van der Waals surface area contributed by atoms with Crippen LogP contribution >= 0.6 is 11.6 Å². The minimum Gasteiger partial charge on any atom is -0.370 e. The maximum absolute atomic E-state index is 13.6.